The molecule has 0 aromatic heterocycles. The number of rotatable bonds is 5. The Morgan fingerprint density at radius 2 is 2.17 bits per heavy atom. The summed E-state index contributed by atoms with van der Waals surface area (Å²) in [5, 5.41) is 14.5. The zero-order chi connectivity index (χ0) is 13.0. The Hall–Kier alpha value is -1.23. The van der Waals surface area contributed by atoms with E-state index in [0.717, 1.165) is 16.6 Å². The van der Waals surface area contributed by atoms with Crippen molar-refractivity contribution in [2.75, 3.05) is 12.4 Å². The van der Waals surface area contributed by atoms with Crippen LogP contribution in [0.25, 0.3) is 0 Å². The van der Waals surface area contributed by atoms with E-state index < -0.39 is 0 Å². The Balaban J connectivity index is 2.04. The first-order valence-corrected chi connectivity index (χ1v) is 7.32. The van der Waals surface area contributed by atoms with Crippen LogP contribution in [-0.4, -0.2) is 17.2 Å². The fourth-order valence-corrected chi connectivity index (χ4v) is 3.57. The number of hydrogen-bond donors (Lipinski definition) is 1. The Bertz CT molecular complexity index is 431. The van der Waals surface area contributed by atoms with Crippen molar-refractivity contribution in [2.45, 2.75) is 36.7 Å². The number of anilines is 1. The van der Waals surface area contributed by atoms with Gasteiger partial charge in [-0.2, -0.15) is 11.8 Å². The fraction of sp³-hybridized carbons (Fsp3) is 0.538. The van der Waals surface area contributed by atoms with Crippen LogP contribution in [-0.2, 0) is 5.75 Å². The van der Waals surface area contributed by atoms with Gasteiger partial charge in [-0.25, -0.2) is 0 Å². The average Bonchev–Trinajstić information content (AvgIpc) is 2.89. The number of thioether (sulfide) groups is 1. The molecule has 1 aromatic rings. The molecule has 1 aliphatic carbocycles. The predicted molar refractivity (Wildman–Crippen MR) is 76.2 cm³/mol. The first kappa shape index (κ1) is 13.2. The summed E-state index contributed by atoms with van der Waals surface area (Å²) in [7, 11) is 1.70. The van der Waals surface area contributed by atoms with Gasteiger partial charge in [0.2, 0.25) is 0 Å². The first-order valence-electron chi connectivity index (χ1n) is 6.27. The normalized spacial score (nSPS) is 15.8. The summed E-state index contributed by atoms with van der Waals surface area (Å²) in [6, 6.07) is 5.46. The van der Waals surface area contributed by atoms with Gasteiger partial charge in [0.25, 0.3) is 5.69 Å². The standard InChI is InChI=1S/C13H18N2O2S/c1-14-12-7-6-10(8-13(12)15(16)17)9-18-11-4-2-3-5-11/h6-8,11,14H,2-5,9H2,1H3. The van der Waals surface area contributed by atoms with Crippen LogP contribution >= 0.6 is 11.8 Å². The van der Waals surface area contributed by atoms with Crippen molar-refractivity contribution in [2.24, 2.45) is 0 Å². The van der Waals surface area contributed by atoms with E-state index >= 15 is 0 Å². The minimum Gasteiger partial charge on any atom is -0.383 e. The summed E-state index contributed by atoms with van der Waals surface area (Å²) < 4.78 is 0. The molecular formula is C13H18N2O2S. The average molecular weight is 266 g/mol. The molecule has 4 nitrogen and oxygen atoms in total. The van der Waals surface area contributed by atoms with E-state index in [2.05, 4.69) is 5.32 Å². The molecule has 0 amide bonds. The molecule has 0 spiro atoms. The number of nitro groups is 1. The first-order chi connectivity index (χ1) is 8.70. The van der Waals surface area contributed by atoms with E-state index in [4.69, 9.17) is 0 Å². The van der Waals surface area contributed by atoms with Crippen LogP contribution in [0.2, 0.25) is 0 Å². The van der Waals surface area contributed by atoms with Crippen molar-refractivity contribution in [3.63, 3.8) is 0 Å². The predicted octanol–water partition coefficient (Wildman–Crippen LogP) is 3.81. The van der Waals surface area contributed by atoms with Gasteiger partial charge < -0.3 is 5.32 Å². The molecule has 18 heavy (non-hydrogen) atoms. The summed E-state index contributed by atoms with van der Waals surface area (Å²) in [5.41, 5.74) is 1.79. The Kier molecular flexibility index (Phi) is 4.47. The number of nitro benzene ring substituents is 1. The lowest BCUT2D eigenvalue weighted by Crippen LogP contribution is -1.99. The van der Waals surface area contributed by atoms with Crippen LogP contribution in [0.1, 0.15) is 31.2 Å². The van der Waals surface area contributed by atoms with E-state index in [1.165, 1.54) is 25.7 Å². The maximum atomic E-state index is 11.0. The summed E-state index contributed by atoms with van der Waals surface area (Å²) >= 11 is 1.93. The van der Waals surface area contributed by atoms with Crippen molar-refractivity contribution in [3.05, 3.63) is 33.9 Å². The van der Waals surface area contributed by atoms with E-state index in [1.54, 1.807) is 19.2 Å². The molecule has 1 aromatic carbocycles. The minimum atomic E-state index is -0.324. The zero-order valence-corrected chi connectivity index (χ0v) is 11.3. The van der Waals surface area contributed by atoms with Crippen molar-refractivity contribution in [1.29, 1.82) is 0 Å². The minimum absolute atomic E-state index is 0.169. The molecule has 0 heterocycles. The van der Waals surface area contributed by atoms with Crippen molar-refractivity contribution in [1.82, 2.24) is 0 Å². The van der Waals surface area contributed by atoms with Crippen molar-refractivity contribution in [3.8, 4) is 0 Å². The maximum absolute atomic E-state index is 11.0. The summed E-state index contributed by atoms with van der Waals surface area (Å²) in [6.45, 7) is 0. The quantitative estimate of drug-likeness (QED) is 0.650. The molecule has 0 radical (unpaired) electrons. The Labute approximate surface area is 111 Å². The molecule has 0 bridgehead atoms. The van der Waals surface area contributed by atoms with Gasteiger partial charge in [0.15, 0.2) is 0 Å². The molecule has 0 saturated heterocycles. The third-order valence-electron chi connectivity index (χ3n) is 3.32. The van der Waals surface area contributed by atoms with Crippen LogP contribution in [0, 0.1) is 10.1 Å². The second-order valence-electron chi connectivity index (χ2n) is 4.58. The molecule has 98 valence electrons. The third-order valence-corrected chi connectivity index (χ3v) is 4.76. The van der Waals surface area contributed by atoms with Gasteiger partial charge in [-0.15, -0.1) is 0 Å². The lowest BCUT2D eigenvalue weighted by molar-refractivity contribution is -0.384. The molecule has 1 fully saturated rings. The van der Waals surface area contributed by atoms with Crippen LogP contribution < -0.4 is 5.32 Å². The van der Waals surface area contributed by atoms with Gasteiger partial charge in [-0.1, -0.05) is 18.9 Å². The van der Waals surface area contributed by atoms with Crippen LogP contribution in [0.3, 0.4) is 0 Å². The van der Waals surface area contributed by atoms with Crippen molar-refractivity contribution < 1.29 is 4.92 Å². The molecule has 0 aliphatic heterocycles. The second-order valence-corrected chi connectivity index (χ2v) is 5.86. The van der Waals surface area contributed by atoms with Crippen LogP contribution in [0.4, 0.5) is 11.4 Å². The number of nitrogens with one attached hydrogen (secondary N) is 1. The monoisotopic (exact) mass is 266 g/mol. The van der Waals surface area contributed by atoms with Crippen molar-refractivity contribution >= 4 is 23.1 Å². The molecule has 1 N–H and O–H groups in total. The van der Waals surface area contributed by atoms with Gasteiger partial charge in [0, 0.05) is 24.1 Å². The van der Waals surface area contributed by atoms with Gasteiger partial charge in [-0.05, 0) is 24.5 Å². The van der Waals surface area contributed by atoms with E-state index in [-0.39, 0.29) is 10.6 Å². The number of hydrogen-bond acceptors (Lipinski definition) is 4. The second kappa shape index (κ2) is 6.09. The Morgan fingerprint density at radius 3 is 2.78 bits per heavy atom. The van der Waals surface area contributed by atoms with Gasteiger partial charge in [0.1, 0.15) is 5.69 Å². The highest BCUT2D eigenvalue weighted by molar-refractivity contribution is 7.99. The summed E-state index contributed by atoms with van der Waals surface area (Å²) in [5.74, 6) is 0.871. The molecule has 1 saturated carbocycles. The van der Waals surface area contributed by atoms with Gasteiger partial charge in [0.05, 0.1) is 4.92 Å². The molecule has 2 rings (SSSR count). The number of benzene rings is 1. The van der Waals surface area contributed by atoms with Crippen LogP contribution in [0.5, 0.6) is 0 Å². The highest BCUT2D eigenvalue weighted by Crippen LogP contribution is 2.33. The largest absolute Gasteiger partial charge is 0.383 e. The topological polar surface area (TPSA) is 55.2 Å². The van der Waals surface area contributed by atoms with E-state index in [0.29, 0.717) is 5.69 Å². The van der Waals surface area contributed by atoms with E-state index in [9.17, 15) is 10.1 Å². The third kappa shape index (κ3) is 3.16. The van der Waals surface area contributed by atoms with Gasteiger partial charge >= 0.3 is 0 Å². The maximum Gasteiger partial charge on any atom is 0.292 e. The van der Waals surface area contributed by atoms with Gasteiger partial charge in [-0.3, -0.25) is 10.1 Å². The number of nitrogens with zero attached hydrogens (tertiary/aromatic N) is 1. The Morgan fingerprint density at radius 1 is 1.44 bits per heavy atom. The van der Waals surface area contributed by atoms with E-state index in [1.807, 2.05) is 17.8 Å². The summed E-state index contributed by atoms with van der Waals surface area (Å²) in [6.07, 6.45) is 5.25. The fourth-order valence-electron chi connectivity index (χ4n) is 2.30. The SMILES string of the molecule is CNc1ccc(CSC2CCCC2)cc1[N+](=O)[O-]. The zero-order valence-electron chi connectivity index (χ0n) is 10.5. The smallest absolute Gasteiger partial charge is 0.292 e. The summed E-state index contributed by atoms with van der Waals surface area (Å²) in [4.78, 5) is 10.6. The molecule has 0 unspecified atom stereocenters. The lowest BCUT2D eigenvalue weighted by atomic mass is 10.2. The molecular weight excluding hydrogens is 248 g/mol. The lowest BCUT2D eigenvalue weighted by Gasteiger charge is -2.09. The highest BCUT2D eigenvalue weighted by atomic mass is 32.2. The van der Waals surface area contributed by atoms with Crippen LogP contribution in [0.15, 0.2) is 18.2 Å². The molecule has 1 aliphatic rings. The molecule has 5 heteroatoms. The molecule has 0 atom stereocenters. The highest BCUT2D eigenvalue weighted by Gasteiger charge is 2.17.